The second-order valence-corrected chi connectivity index (χ2v) is 3.22. The molecule has 0 saturated carbocycles. The molecule has 0 unspecified atom stereocenters. The molecule has 0 fully saturated rings. The Labute approximate surface area is 80.0 Å². The largest absolute Gasteiger partial charge is 0.481 e. The van der Waals surface area contributed by atoms with Crippen LogP contribution in [0.15, 0.2) is 0 Å². The molecule has 0 aliphatic carbocycles. The number of halogens is 1. The van der Waals surface area contributed by atoms with Crippen LogP contribution in [0.4, 0.5) is 0 Å². The fourth-order valence-corrected chi connectivity index (χ4v) is 1.09. The summed E-state index contributed by atoms with van der Waals surface area (Å²) in [5.74, 6) is -0.488. The van der Waals surface area contributed by atoms with Crippen LogP contribution >= 0.6 is 12.4 Å². The summed E-state index contributed by atoms with van der Waals surface area (Å²) in [7, 11) is 1.77. The third-order valence-electron chi connectivity index (χ3n) is 1.56. The van der Waals surface area contributed by atoms with Crippen molar-refractivity contribution in [1.82, 2.24) is 5.32 Å². The van der Waals surface area contributed by atoms with Crippen LogP contribution in [0.5, 0.6) is 0 Å². The number of carbonyl (C=O) groups is 1. The van der Waals surface area contributed by atoms with Crippen LogP contribution in [0, 0.1) is 11.8 Å². The molecule has 1 atom stereocenters. The first-order valence-electron chi connectivity index (χ1n) is 3.95. The minimum absolute atomic E-state index is 0. The standard InChI is InChI=1S/C8H17NO2.ClH/c1-6(2)4-7(5-9-3)8(10)11;/h6-7,9H,4-5H2,1-3H3,(H,10,11);1H/t7-;/m0./s1. The van der Waals surface area contributed by atoms with Crippen LogP contribution < -0.4 is 5.32 Å². The van der Waals surface area contributed by atoms with E-state index in [1.807, 2.05) is 13.8 Å². The van der Waals surface area contributed by atoms with E-state index in [-0.39, 0.29) is 18.3 Å². The van der Waals surface area contributed by atoms with Crippen LogP contribution in [-0.2, 0) is 4.79 Å². The van der Waals surface area contributed by atoms with Crippen molar-refractivity contribution in [3.8, 4) is 0 Å². The van der Waals surface area contributed by atoms with Gasteiger partial charge in [0.25, 0.3) is 0 Å². The van der Waals surface area contributed by atoms with Gasteiger partial charge in [0.15, 0.2) is 0 Å². The van der Waals surface area contributed by atoms with Gasteiger partial charge in [-0.05, 0) is 19.4 Å². The van der Waals surface area contributed by atoms with Crippen molar-refractivity contribution in [3.05, 3.63) is 0 Å². The quantitative estimate of drug-likeness (QED) is 0.697. The lowest BCUT2D eigenvalue weighted by Gasteiger charge is -2.13. The normalized spacial score (nSPS) is 12.3. The fourth-order valence-electron chi connectivity index (χ4n) is 1.09. The van der Waals surface area contributed by atoms with E-state index in [0.29, 0.717) is 12.5 Å². The molecule has 12 heavy (non-hydrogen) atoms. The lowest BCUT2D eigenvalue weighted by Crippen LogP contribution is -2.27. The van der Waals surface area contributed by atoms with Crippen molar-refractivity contribution >= 4 is 18.4 Å². The average molecular weight is 196 g/mol. The first kappa shape index (κ1) is 14.3. The van der Waals surface area contributed by atoms with Gasteiger partial charge in [-0.1, -0.05) is 13.8 Å². The SMILES string of the molecule is CNC[C@H](CC(C)C)C(=O)O.Cl. The monoisotopic (exact) mass is 195 g/mol. The van der Waals surface area contributed by atoms with E-state index < -0.39 is 5.97 Å². The molecular formula is C8H18ClNO2. The molecule has 0 rings (SSSR count). The van der Waals surface area contributed by atoms with Gasteiger partial charge < -0.3 is 10.4 Å². The topological polar surface area (TPSA) is 49.3 Å². The van der Waals surface area contributed by atoms with Gasteiger partial charge in [-0.25, -0.2) is 0 Å². The Morgan fingerprint density at radius 3 is 2.25 bits per heavy atom. The Morgan fingerprint density at radius 1 is 1.50 bits per heavy atom. The number of rotatable bonds is 5. The summed E-state index contributed by atoms with van der Waals surface area (Å²) in [6, 6.07) is 0. The molecule has 0 aliphatic rings. The first-order valence-corrected chi connectivity index (χ1v) is 3.95. The smallest absolute Gasteiger partial charge is 0.307 e. The summed E-state index contributed by atoms with van der Waals surface area (Å²) < 4.78 is 0. The van der Waals surface area contributed by atoms with Crippen LogP contribution in [-0.4, -0.2) is 24.7 Å². The zero-order valence-corrected chi connectivity index (χ0v) is 8.65. The van der Waals surface area contributed by atoms with Crippen molar-refractivity contribution in [2.24, 2.45) is 11.8 Å². The minimum Gasteiger partial charge on any atom is -0.481 e. The lowest BCUT2D eigenvalue weighted by atomic mass is 9.97. The summed E-state index contributed by atoms with van der Waals surface area (Å²) in [5.41, 5.74) is 0. The Bertz CT molecular complexity index is 128. The Hall–Kier alpha value is -0.280. The summed E-state index contributed by atoms with van der Waals surface area (Å²) >= 11 is 0. The highest BCUT2D eigenvalue weighted by molar-refractivity contribution is 5.85. The average Bonchev–Trinajstić information content (AvgIpc) is 1.86. The highest BCUT2D eigenvalue weighted by Crippen LogP contribution is 2.10. The summed E-state index contributed by atoms with van der Waals surface area (Å²) in [5, 5.41) is 11.6. The van der Waals surface area contributed by atoms with Crippen LogP contribution in [0.1, 0.15) is 20.3 Å². The number of carboxylic acid groups (broad SMARTS) is 1. The predicted octanol–water partition coefficient (Wildman–Crippen LogP) is 1.37. The Balaban J connectivity index is 0. The summed E-state index contributed by atoms with van der Waals surface area (Å²) in [4.78, 5) is 10.6. The summed E-state index contributed by atoms with van der Waals surface area (Å²) in [6.07, 6.45) is 0.746. The maximum atomic E-state index is 10.6. The molecule has 0 heterocycles. The third-order valence-corrected chi connectivity index (χ3v) is 1.56. The van der Waals surface area contributed by atoms with E-state index in [2.05, 4.69) is 5.32 Å². The molecule has 0 saturated heterocycles. The molecule has 3 nitrogen and oxygen atoms in total. The highest BCUT2D eigenvalue weighted by Gasteiger charge is 2.17. The van der Waals surface area contributed by atoms with E-state index in [1.54, 1.807) is 7.05 Å². The van der Waals surface area contributed by atoms with Gasteiger partial charge in [0, 0.05) is 6.54 Å². The van der Waals surface area contributed by atoms with E-state index >= 15 is 0 Å². The predicted molar refractivity (Wildman–Crippen MR) is 51.8 cm³/mol. The highest BCUT2D eigenvalue weighted by atomic mass is 35.5. The molecule has 4 heteroatoms. The zero-order chi connectivity index (χ0) is 8.85. The maximum absolute atomic E-state index is 10.6. The molecule has 0 radical (unpaired) electrons. The van der Waals surface area contributed by atoms with Crippen molar-refractivity contribution in [1.29, 1.82) is 0 Å². The second-order valence-electron chi connectivity index (χ2n) is 3.22. The minimum atomic E-state index is -0.701. The van der Waals surface area contributed by atoms with Gasteiger partial charge >= 0.3 is 5.97 Å². The van der Waals surface area contributed by atoms with E-state index in [9.17, 15) is 4.79 Å². The summed E-state index contributed by atoms with van der Waals surface area (Å²) in [6.45, 7) is 4.63. The van der Waals surface area contributed by atoms with Gasteiger partial charge in [0.2, 0.25) is 0 Å². The maximum Gasteiger partial charge on any atom is 0.307 e. The van der Waals surface area contributed by atoms with Crippen molar-refractivity contribution in [2.75, 3.05) is 13.6 Å². The molecule has 0 amide bonds. The van der Waals surface area contributed by atoms with Crippen LogP contribution in [0.3, 0.4) is 0 Å². The molecule has 0 spiro atoms. The zero-order valence-electron chi connectivity index (χ0n) is 7.83. The molecular weight excluding hydrogens is 178 g/mol. The molecule has 0 aromatic heterocycles. The molecule has 0 aromatic carbocycles. The number of hydrogen-bond acceptors (Lipinski definition) is 2. The van der Waals surface area contributed by atoms with E-state index in [1.165, 1.54) is 0 Å². The number of carboxylic acids is 1. The second kappa shape index (κ2) is 7.37. The molecule has 0 aliphatic heterocycles. The van der Waals surface area contributed by atoms with Crippen molar-refractivity contribution < 1.29 is 9.90 Å². The lowest BCUT2D eigenvalue weighted by molar-refractivity contribution is -0.142. The van der Waals surface area contributed by atoms with Gasteiger partial charge in [0.05, 0.1) is 5.92 Å². The van der Waals surface area contributed by atoms with Crippen LogP contribution in [0.2, 0.25) is 0 Å². The molecule has 0 aromatic rings. The van der Waals surface area contributed by atoms with Gasteiger partial charge in [-0.15, -0.1) is 12.4 Å². The molecule has 74 valence electrons. The molecule has 2 N–H and O–H groups in total. The number of hydrogen-bond donors (Lipinski definition) is 2. The van der Waals surface area contributed by atoms with Crippen molar-refractivity contribution in [3.63, 3.8) is 0 Å². The number of aliphatic carboxylic acids is 1. The van der Waals surface area contributed by atoms with Gasteiger partial charge in [-0.2, -0.15) is 0 Å². The number of nitrogens with one attached hydrogen (secondary N) is 1. The fraction of sp³-hybridized carbons (Fsp3) is 0.875. The van der Waals surface area contributed by atoms with Crippen molar-refractivity contribution in [2.45, 2.75) is 20.3 Å². The first-order chi connectivity index (χ1) is 5.07. The van der Waals surface area contributed by atoms with Gasteiger partial charge in [-0.3, -0.25) is 4.79 Å². The van der Waals surface area contributed by atoms with E-state index in [4.69, 9.17) is 5.11 Å². The van der Waals surface area contributed by atoms with Crippen LogP contribution in [0.25, 0.3) is 0 Å². The van der Waals surface area contributed by atoms with Gasteiger partial charge in [0.1, 0.15) is 0 Å². The Morgan fingerprint density at radius 2 is 2.00 bits per heavy atom. The third kappa shape index (κ3) is 6.43. The Kier molecular flexibility index (Phi) is 8.76. The van der Waals surface area contributed by atoms with E-state index in [0.717, 1.165) is 6.42 Å². The molecule has 0 bridgehead atoms.